The molecule has 9 aromatic rings. The molecule has 0 unspecified atom stereocenters. The first-order valence-electron chi connectivity index (χ1n) is 17.9. The third-order valence-electron chi connectivity index (χ3n) is 10.9. The van der Waals surface area contributed by atoms with Crippen LogP contribution in [0.1, 0.15) is 23.6 Å². The molecule has 2 heteroatoms. The zero-order valence-electron chi connectivity index (χ0n) is 28.8. The molecule has 8 aromatic carbocycles. The van der Waals surface area contributed by atoms with E-state index in [4.69, 9.17) is 0 Å². The van der Waals surface area contributed by atoms with Gasteiger partial charge in [0.1, 0.15) is 0 Å². The van der Waals surface area contributed by atoms with Crippen LogP contribution in [0.25, 0.3) is 53.6 Å². The molecule has 0 aliphatic heterocycles. The van der Waals surface area contributed by atoms with Gasteiger partial charge >= 0.3 is 0 Å². The molecule has 1 aliphatic rings. The highest BCUT2D eigenvalue weighted by molar-refractivity contribution is 7.26. The highest BCUT2D eigenvalue weighted by atomic mass is 32.1. The van der Waals surface area contributed by atoms with Crippen molar-refractivity contribution in [2.24, 2.45) is 0 Å². The van der Waals surface area contributed by atoms with Crippen molar-refractivity contribution in [3.05, 3.63) is 211 Å². The Morgan fingerprint density at radius 2 is 0.904 bits per heavy atom. The highest BCUT2D eigenvalue weighted by Crippen LogP contribution is 2.55. The molecule has 1 nitrogen and oxygen atoms in total. The van der Waals surface area contributed by atoms with Crippen LogP contribution in [0.5, 0.6) is 0 Å². The standard InChI is InChI=1S/C50H35NS/c1-50(45-23-10-8-20-41(45)42-21-9-11-24-46(42)50)47-25-13-22-44-43-31-30-40(33-48(43)52-49(44)47)51(38-28-26-36(27-29-38)34-14-4-2-5-15-34)39-19-12-18-37(32-39)35-16-6-3-7-17-35/h2-33H,1H3. The fraction of sp³-hybridized carbons (Fsp3) is 0.0400. The molecule has 1 heterocycles. The summed E-state index contributed by atoms with van der Waals surface area (Å²) in [5.41, 5.74) is 14.8. The molecule has 0 N–H and O–H groups in total. The van der Waals surface area contributed by atoms with Crippen LogP contribution in [0.15, 0.2) is 194 Å². The van der Waals surface area contributed by atoms with Gasteiger partial charge in [-0.1, -0.05) is 158 Å². The van der Waals surface area contributed by atoms with E-state index in [1.165, 1.54) is 70.2 Å². The minimum atomic E-state index is -0.249. The molecule has 246 valence electrons. The summed E-state index contributed by atoms with van der Waals surface area (Å²) >= 11 is 1.92. The van der Waals surface area contributed by atoms with E-state index in [1.807, 2.05) is 11.3 Å². The lowest BCUT2D eigenvalue weighted by molar-refractivity contribution is 0.722. The first kappa shape index (κ1) is 30.6. The molecule has 0 atom stereocenters. The number of hydrogen-bond donors (Lipinski definition) is 0. The van der Waals surface area contributed by atoms with Gasteiger partial charge in [0.2, 0.25) is 0 Å². The summed E-state index contributed by atoms with van der Waals surface area (Å²) in [7, 11) is 0. The maximum Gasteiger partial charge on any atom is 0.0476 e. The minimum absolute atomic E-state index is 0.249. The van der Waals surface area contributed by atoms with Crippen molar-refractivity contribution in [2.45, 2.75) is 12.3 Å². The average Bonchev–Trinajstić information content (AvgIpc) is 3.72. The number of rotatable bonds is 6. The first-order valence-corrected chi connectivity index (χ1v) is 18.7. The Balaban J connectivity index is 1.14. The van der Waals surface area contributed by atoms with Crippen LogP contribution in [-0.4, -0.2) is 0 Å². The van der Waals surface area contributed by atoms with Crippen molar-refractivity contribution in [1.29, 1.82) is 0 Å². The third kappa shape index (κ3) is 4.83. The maximum atomic E-state index is 2.42. The number of thiophene rings is 1. The molecule has 0 amide bonds. The van der Waals surface area contributed by atoms with Gasteiger partial charge in [-0.3, -0.25) is 0 Å². The number of nitrogens with zero attached hydrogens (tertiary/aromatic N) is 1. The van der Waals surface area contributed by atoms with Gasteiger partial charge in [0, 0.05) is 42.6 Å². The van der Waals surface area contributed by atoms with Gasteiger partial charge < -0.3 is 4.90 Å². The van der Waals surface area contributed by atoms with Crippen LogP contribution in [0.4, 0.5) is 17.1 Å². The summed E-state index contributed by atoms with van der Waals surface area (Å²) < 4.78 is 2.64. The molecule has 1 aromatic heterocycles. The Morgan fingerprint density at radius 3 is 1.60 bits per heavy atom. The van der Waals surface area contributed by atoms with Crippen LogP contribution >= 0.6 is 11.3 Å². The van der Waals surface area contributed by atoms with Gasteiger partial charge in [-0.05, 0) is 93.4 Å². The lowest BCUT2D eigenvalue weighted by Crippen LogP contribution is -2.22. The molecule has 1 aliphatic carbocycles. The Morgan fingerprint density at radius 1 is 0.385 bits per heavy atom. The Kier molecular flexibility index (Phi) is 7.19. The molecular weight excluding hydrogens is 647 g/mol. The first-order chi connectivity index (χ1) is 25.7. The maximum absolute atomic E-state index is 2.42. The van der Waals surface area contributed by atoms with E-state index in [9.17, 15) is 0 Å². The summed E-state index contributed by atoms with van der Waals surface area (Å²) in [6.07, 6.45) is 0. The lowest BCUT2D eigenvalue weighted by Gasteiger charge is -2.28. The summed E-state index contributed by atoms with van der Waals surface area (Å²) in [4.78, 5) is 2.40. The Bertz CT molecular complexity index is 2700. The van der Waals surface area contributed by atoms with E-state index < -0.39 is 0 Å². The van der Waals surface area contributed by atoms with Crippen LogP contribution in [0, 0.1) is 0 Å². The zero-order valence-corrected chi connectivity index (χ0v) is 29.6. The second-order valence-corrected chi connectivity index (χ2v) is 14.9. The molecule has 52 heavy (non-hydrogen) atoms. The van der Waals surface area contributed by atoms with E-state index in [2.05, 4.69) is 206 Å². The van der Waals surface area contributed by atoms with E-state index >= 15 is 0 Å². The van der Waals surface area contributed by atoms with Crippen LogP contribution in [-0.2, 0) is 5.41 Å². The molecule has 0 spiro atoms. The summed E-state index contributed by atoms with van der Waals surface area (Å²) in [5.74, 6) is 0. The van der Waals surface area contributed by atoms with Crippen molar-refractivity contribution in [3.8, 4) is 33.4 Å². The SMILES string of the molecule is CC1(c2cccc3c2sc2cc(N(c4ccc(-c5ccccc5)cc4)c4cccc(-c5ccccc5)c4)ccc23)c2ccccc2-c2ccccc21. The summed E-state index contributed by atoms with van der Waals surface area (Å²) in [6, 6.07) is 71.0. The van der Waals surface area contributed by atoms with Crippen molar-refractivity contribution in [3.63, 3.8) is 0 Å². The quantitative estimate of drug-likeness (QED) is 0.169. The minimum Gasteiger partial charge on any atom is -0.310 e. The van der Waals surface area contributed by atoms with Gasteiger partial charge in [-0.25, -0.2) is 0 Å². The van der Waals surface area contributed by atoms with Crippen molar-refractivity contribution < 1.29 is 0 Å². The average molecular weight is 682 g/mol. The molecule has 0 fully saturated rings. The van der Waals surface area contributed by atoms with Crippen LogP contribution in [0.2, 0.25) is 0 Å². The fourth-order valence-electron chi connectivity index (χ4n) is 8.40. The summed E-state index contributed by atoms with van der Waals surface area (Å²) in [5, 5.41) is 2.61. The number of anilines is 3. The number of benzene rings is 8. The van der Waals surface area contributed by atoms with Crippen molar-refractivity contribution >= 4 is 48.6 Å². The number of hydrogen-bond acceptors (Lipinski definition) is 2. The predicted molar refractivity (Wildman–Crippen MR) is 222 cm³/mol. The second-order valence-electron chi connectivity index (χ2n) is 13.8. The molecule has 0 radical (unpaired) electrons. The molecule has 0 saturated carbocycles. The van der Waals surface area contributed by atoms with E-state index in [0.29, 0.717) is 0 Å². The second kappa shape index (κ2) is 12.2. The van der Waals surface area contributed by atoms with E-state index in [-0.39, 0.29) is 5.41 Å². The predicted octanol–water partition coefficient (Wildman–Crippen LogP) is 14.2. The topological polar surface area (TPSA) is 3.24 Å². The molecule has 0 bridgehead atoms. The van der Waals surface area contributed by atoms with Gasteiger partial charge in [-0.2, -0.15) is 0 Å². The Hall–Kier alpha value is -6.22. The number of fused-ring (bicyclic) bond motifs is 6. The smallest absolute Gasteiger partial charge is 0.0476 e. The van der Waals surface area contributed by atoms with Crippen LogP contribution in [0.3, 0.4) is 0 Å². The molecule has 10 rings (SSSR count). The molecular formula is C50H35NS. The lowest BCUT2D eigenvalue weighted by atomic mass is 9.74. The van der Waals surface area contributed by atoms with Crippen LogP contribution < -0.4 is 4.90 Å². The highest BCUT2D eigenvalue weighted by Gasteiger charge is 2.41. The van der Waals surface area contributed by atoms with Gasteiger partial charge in [0.15, 0.2) is 0 Å². The van der Waals surface area contributed by atoms with Gasteiger partial charge in [0.25, 0.3) is 0 Å². The van der Waals surface area contributed by atoms with Gasteiger partial charge in [0.05, 0.1) is 0 Å². The van der Waals surface area contributed by atoms with Crippen molar-refractivity contribution in [1.82, 2.24) is 0 Å². The monoisotopic (exact) mass is 681 g/mol. The Labute approximate surface area is 308 Å². The summed E-state index contributed by atoms with van der Waals surface area (Å²) in [6.45, 7) is 2.42. The fourth-order valence-corrected chi connectivity index (χ4v) is 9.76. The van der Waals surface area contributed by atoms with Gasteiger partial charge in [-0.15, -0.1) is 11.3 Å². The van der Waals surface area contributed by atoms with E-state index in [0.717, 1.165) is 17.1 Å². The molecule has 0 saturated heterocycles. The largest absolute Gasteiger partial charge is 0.310 e. The zero-order chi connectivity index (χ0) is 34.6. The van der Waals surface area contributed by atoms with Crippen molar-refractivity contribution in [2.75, 3.05) is 4.90 Å². The van der Waals surface area contributed by atoms with E-state index in [1.54, 1.807) is 0 Å². The normalized spacial score (nSPS) is 12.9. The third-order valence-corrected chi connectivity index (χ3v) is 12.1.